The Balaban J connectivity index is 2.06. The van der Waals surface area contributed by atoms with Gasteiger partial charge in [0, 0.05) is 11.1 Å². The topological polar surface area (TPSA) is 94.9 Å². The SMILES string of the molecule is CCOC(=O)c1n[nH]nc1-c1ccc(OC)c(Cn2nc(C(F)F)c(Cl)c2C(F)F)c1. The summed E-state index contributed by atoms with van der Waals surface area (Å²) < 4.78 is 64.0. The Bertz CT molecular complexity index is 1090. The maximum Gasteiger partial charge on any atom is 0.361 e. The molecular weight excluding hydrogens is 446 g/mol. The van der Waals surface area contributed by atoms with Crippen LogP contribution in [0.5, 0.6) is 5.75 Å². The third-order valence-corrected chi connectivity index (χ3v) is 4.65. The van der Waals surface area contributed by atoms with Gasteiger partial charge in [-0.15, -0.1) is 5.10 Å². The Morgan fingerprint density at radius 2 is 1.97 bits per heavy atom. The Hall–Kier alpha value is -3.15. The van der Waals surface area contributed by atoms with Crippen molar-refractivity contribution in [2.75, 3.05) is 13.7 Å². The van der Waals surface area contributed by atoms with Crippen LogP contribution in [0.2, 0.25) is 5.02 Å². The number of benzene rings is 1. The van der Waals surface area contributed by atoms with Crippen molar-refractivity contribution in [3.05, 3.63) is 45.9 Å². The highest BCUT2D eigenvalue weighted by Crippen LogP contribution is 2.36. The van der Waals surface area contributed by atoms with E-state index in [4.69, 9.17) is 21.1 Å². The number of ether oxygens (including phenoxy) is 2. The quantitative estimate of drug-likeness (QED) is 0.394. The average molecular weight is 462 g/mol. The van der Waals surface area contributed by atoms with Gasteiger partial charge in [0.25, 0.3) is 12.9 Å². The summed E-state index contributed by atoms with van der Waals surface area (Å²) in [5.41, 5.74) is -0.999. The second-order valence-electron chi connectivity index (χ2n) is 6.11. The first-order chi connectivity index (χ1) is 14.8. The zero-order valence-corrected chi connectivity index (χ0v) is 17.0. The fourth-order valence-electron chi connectivity index (χ4n) is 2.93. The number of hydrogen-bond acceptors (Lipinski definition) is 6. The van der Waals surface area contributed by atoms with Crippen LogP contribution in [-0.2, 0) is 11.3 Å². The molecule has 0 radical (unpaired) electrons. The maximum atomic E-state index is 13.5. The van der Waals surface area contributed by atoms with Crippen molar-refractivity contribution in [2.24, 2.45) is 0 Å². The van der Waals surface area contributed by atoms with Gasteiger partial charge in [-0.1, -0.05) is 11.6 Å². The highest BCUT2D eigenvalue weighted by Gasteiger charge is 2.28. The summed E-state index contributed by atoms with van der Waals surface area (Å²) in [6.45, 7) is 1.41. The number of carbonyl (C=O) groups excluding carboxylic acids is 1. The van der Waals surface area contributed by atoms with Crippen LogP contribution in [0, 0.1) is 0 Å². The summed E-state index contributed by atoms with van der Waals surface area (Å²) in [5, 5.41) is 12.8. The lowest BCUT2D eigenvalue weighted by Gasteiger charge is -2.12. The van der Waals surface area contributed by atoms with Crippen LogP contribution >= 0.6 is 11.6 Å². The van der Waals surface area contributed by atoms with E-state index in [1.54, 1.807) is 13.0 Å². The van der Waals surface area contributed by atoms with Crippen LogP contribution in [0.15, 0.2) is 18.2 Å². The summed E-state index contributed by atoms with van der Waals surface area (Å²) in [6.07, 6.45) is -6.26. The van der Waals surface area contributed by atoms with Crippen molar-refractivity contribution in [3.8, 4) is 17.0 Å². The van der Waals surface area contributed by atoms with E-state index in [-0.39, 0.29) is 30.3 Å². The Morgan fingerprint density at radius 3 is 2.58 bits per heavy atom. The number of alkyl halides is 4. The second kappa shape index (κ2) is 9.33. The number of methoxy groups -OCH3 is 1. The van der Waals surface area contributed by atoms with E-state index < -0.39 is 35.2 Å². The molecular formula is C18H16ClF4N5O3. The first-order valence-electron chi connectivity index (χ1n) is 8.86. The van der Waals surface area contributed by atoms with Crippen LogP contribution in [0.4, 0.5) is 17.6 Å². The normalized spacial score (nSPS) is 11.4. The summed E-state index contributed by atoms with van der Waals surface area (Å²) in [5.74, 6) is -0.431. The van der Waals surface area contributed by atoms with Crippen LogP contribution in [-0.4, -0.2) is 44.9 Å². The van der Waals surface area contributed by atoms with Gasteiger partial charge in [0.2, 0.25) is 0 Å². The third-order valence-electron chi connectivity index (χ3n) is 4.26. The molecule has 3 rings (SSSR count). The lowest BCUT2D eigenvalue weighted by Crippen LogP contribution is -2.09. The van der Waals surface area contributed by atoms with Crippen LogP contribution in [0.3, 0.4) is 0 Å². The number of rotatable bonds is 8. The fraction of sp³-hybridized carbons (Fsp3) is 0.333. The summed E-state index contributed by atoms with van der Waals surface area (Å²) in [7, 11) is 1.35. The molecule has 0 saturated carbocycles. The van der Waals surface area contributed by atoms with E-state index in [2.05, 4.69) is 20.5 Å². The van der Waals surface area contributed by atoms with E-state index in [9.17, 15) is 22.4 Å². The van der Waals surface area contributed by atoms with Gasteiger partial charge in [0.1, 0.15) is 22.8 Å². The molecule has 2 heterocycles. The molecule has 0 spiro atoms. The highest BCUT2D eigenvalue weighted by molar-refractivity contribution is 6.32. The van der Waals surface area contributed by atoms with Crippen molar-refractivity contribution >= 4 is 17.6 Å². The van der Waals surface area contributed by atoms with E-state index in [0.717, 1.165) is 0 Å². The molecule has 1 aromatic carbocycles. The zero-order valence-electron chi connectivity index (χ0n) is 16.2. The predicted molar refractivity (Wildman–Crippen MR) is 101 cm³/mol. The number of hydrogen-bond donors (Lipinski definition) is 1. The minimum absolute atomic E-state index is 0.0756. The van der Waals surface area contributed by atoms with Crippen molar-refractivity contribution in [3.63, 3.8) is 0 Å². The molecule has 0 bridgehead atoms. The first kappa shape index (κ1) is 22.5. The number of nitrogens with zero attached hydrogens (tertiary/aromatic N) is 4. The molecule has 0 aliphatic rings. The van der Waals surface area contributed by atoms with Crippen molar-refractivity contribution in [1.29, 1.82) is 0 Å². The zero-order chi connectivity index (χ0) is 22.7. The van der Waals surface area contributed by atoms with Crippen molar-refractivity contribution in [1.82, 2.24) is 25.2 Å². The van der Waals surface area contributed by atoms with Crippen LogP contribution in [0.1, 0.15) is 47.2 Å². The van der Waals surface area contributed by atoms with E-state index in [0.29, 0.717) is 15.8 Å². The van der Waals surface area contributed by atoms with Crippen molar-refractivity contribution < 1.29 is 31.8 Å². The molecule has 2 aromatic heterocycles. The minimum atomic E-state index is -3.13. The number of esters is 1. The Kier molecular flexibility index (Phi) is 6.78. The van der Waals surface area contributed by atoms with Crippen molar-refractivity contribution in [2.45, 2.75) is 26.3 Å². The lowest BCUT2D eigenvalue weighted by atomic mass is 10.1. The molecule has 0 saturated heterocycles. The molecule has 1 N–H and O–H groups in total. The summed E-state index contributed by atoms with van der Waals surface area (Å²) in [6, 6.07) is 4.57. The van der Waals surface area contributed by atoms with Gasteiger partial charge in [-0.05, 0) is 25.1 Å². The maximum absolute atomic E-state index is 13.5. The number of aromatic amines is 1. The van der Waals surface area contributed by atoms with Crippen LogP contribution in [0.25, 0.3) is 11.3 Å². The molecule has 0 fully saturated rings. The fourth-order valence-corrected chi connectivity index (χ4v) is 3.23. The molecule has 0 aliphatic carbocycles. The molecule has 0 atom stereocenters. The minimum Gasteiger partial charge on any atom is -0.496 e. The highest BCUT2D eigenvalue weighted by atomic mass is 35.5. The predicted octanol–water partition coefficient (Wildman–Crippen LogP) is 4.43. The van der Waals surface area contributed by atoms with Gasteiger partial charge < -0.3 is 9.47 Å². The average Bonchev–Trinajstić information content (AvgIpc) is 3.33. The molecule has 0 amide bonds. The van der Waals surface area contributed by atoms with Gasteiger partial charge in [0.05, 0.1) is 25.3 Å². The number of H-pyrrole nitrogens is 1. The van der Waals surface area contributed by atoms with Crippen LogP contribution < -0.4 is 4.74 Å². The Labute approximate surface area is 178 Å². The van der Waals surface area contributed by atoms with E-state index in [1.807, 2.05) is 0 Å². The monoisotopic (exact) mass is 461 g/mol. The number of aromatic nitrogens is 5. The molecule has 0 unspecified atom stereocenters. The lowest BCUT2D eigenvalue weighted by molar-refractivity contribution is 0.0520. The second-order valence-corrected chi connectivity index (χ2v) is 6.49. The van der Waals surface area contributed by atoms with Gasteiger partial charge in [0.15, 0.2) is 5.69 Å². The van der Waals surface area contributed by atoms with Gasteiger partial charge in [-0.25, -0.2) is 22.4 Å². The molecule has 13 heteroatoms. The molecule has 3 aromatic rings. The Morgan fingerprint density at radius 1 is 1.23 bits per heavy atom. The largest absolute Gasteiger partial charge is 0.496 e. The van der Waals surface area contributed by atoms with E-state index in [1.165, 1.54) is 19.2 Å². The molecule has 8 nitrogen and oxygen atoms in total. The molecule has 31 heavy (non-hydrogen) atoms. The summed E-state index contributed by atoms with van der Waals surface area (Å²) >= 11 is 5.71. The number of nitrogens with one attached hydrogen (secondary N) is 1. The van der Waals surface area contributed by atoms with E-state index >= 15 is 0 Å². The molecule has 166 valence electrons. The van der Waals surface area contributed by atoms with Gasteiger partial charge in [-0.3, -0.25) is 4.68 Å². The van der Waals surface area contributed by atoms with Gasteiger partial charge in [-0.2, -0.15) is 15.4 Å². The molecule has 0 aliphatic heterocycles. The smallest absolute Gasteiger partial charge is 0.361 e. The third kappa shape index (κ3) is 4.48. The number of halogens is 5. The standard InChI is InChI=1S/C18H16ClF4N5O3/c1-3-31-18(29)14-12(24-27-25-14)8-4-5-10(30-2)9(6-8)7-28-15(17(22)23)11(19)13(26-28)16(20)21/h4-6,16-17H,3,7H2,1-2H3,(H,24,25,27). The number of carbonyl (C=O) groups is 1. The first-order valence-corrected chi connectivity index (χ1v) is 9.23. The summed E-state index contributed by atoms with van der Waals surface area (Å²) in [4.78, 5) is 12.1. The van der Waals surface area contributed by atoms with Gasteiger partial charge >= 0.3 is 5.97 Å².